The quantitative estimate of drug-likeness (QED) is 0.629. The Morgan fingerprint density at radius 3 is 2.08 bits per heavy atom. The van der Waals surface area contributed by atoms with Gasteiger partial charge in [0.1, 0.15) is 8.96 Å². The second kappa shape index (κ2) is 4.14. The molecule has 2 fully saturated rings. The van der Waals surface area contributed by atoms with E-state index in [-0.39, 0.29) is 0 Å². The average Bonchev–Trinajstić information content (AvgIpc) is 2.46. The Balaban J connectivity index is 1.94. The molecule has 0 bridgehead atoms. The molecule has 1 heterocycles. The first-order valence-electron chi connectivity index (χ1n) is 6.06. The van der Waals surface area contributed by atoms with Crippen molar-refractivity contribution < 1.29 is 0 Å². The molecular formula is C11H23NSi. The number of hydrogen-bond acceptors (Lipinski definition) is 1. The lowest BCUT2D eigenvalue weighted by atomic mass is 10.2. The fraction of sp³-hybridized carbons (Fsp3) is 1.00. The highest BCUT2D eigenvalue weighted by Gasteiger charge is 2.34. The molecule has 0 amide bonds. The summed E-state index contributed by atoms with van der Waals surface area (Å²) < 4.78 is 2.95. The van der Waals surface area contributed by atoms with Crippen LogP contribution in [-0.4, -0.2) is 25.6 Å². The molecule has 76 valence electrons. The van der Waals surface area contributed by atoms with Crippen LogP contribution < -0.4 is 0 Å². The molecule has 1 saturated carbocycles. The maximum atomic E-state index is 2.95. The molecule has 0 aromatic rings. The minimum absolute atomic E-state index is 0.393. The molecule has 0 aromatic carbocycles. The molecule has 1 aliphatic heterocycles. The van der Waals surface area contributed by atoms with Crippen LogP contribution in [0.1, 0.15) is 46.0 Å². The molecule has 1 saturated heterocycles. The lowest BCUT2D eigenvalue weighted by Gasteiger charge is -2.43. The SMILES string of the molecule is CC(C)N(C1CCCC1)[SiH]1CCC1. The Bertz CT molecular complexity index is 159. The maximum absolute atomic E-state index is 2.95. The zero-order valence-electron chi connectivity index (χ0n) is 9.13. The van der Waals surface area contributed by atoms with Crippen molar-refractivity contribution in [1.82, 2.24) is 4.57 Å². The molecule has 2 heteroatoms. The number of rotatable bonds is 3. The minimum Gasteiger partial charge on any atom is -0.321 e. The van der Waals surface area contributed by atoms with Crippen LogP contribution in [0.15, 0.2) is 0 Å². The molecule has 0 atom stereocenters. The summed E-state index contributed by atoms with van der Waals surface area (Å²) in [7, 11) is -0.393. The van der Waals surface area contributed by atoms with Crippen molar-refractivity contribution in [1.29, 1.82) is 0 Å². The molecule has 0 N–H and O–H groups in total. The van der Waals surface area contributed by atoms with Crippen LogP contribution in [0.3, 0.4) is 0 Å². The van der Waals surface area contributed by atoms with E-state index in [2.05, 4.69) is 18.4 Å². The van der Waals surface area contributed by atoms with Gasteiger partial charge in [-0.2, -0.15) is 0 Å². The molecule has 1 nitrogen and oxygen atoms in total. The van der Waals surface area contributed by atoms with E-state index in [1.54, 1.807) is 12.1 Å². The molecule has 1 aliphatic carbocycles. The van der Waals surface area contributed by atoms with Crippen molar-refractivity contribution in [3.8, 4) is 0 Å². The fourth-order valence-corrected chi connectivity index (χ4v) is 6.14. The Labute approximate surface area is 84.2 Å². The predicted octanol–water partition coefficient (Wildman–Crippen LogP) is 2.77. The Kier molecular flexibility index (Phi) is 3.09. The van der Waals surface area contributed by atoms with E-state index in [1.807, 2.05) is 0 Å². The van der Waals surface area contributed by atoms with E-state index in [0.29, 0.717) is 0 Å². The van der Waals surface area contributed by atoms with E-state index in [9.17, 15) is 0 Å². The number of hydrogen-bond donors (Lipinski definition) is 0. The minimum atomic E-state index is -0.393. The third kappa shape index (κ3) is 1.99. The van der Waals surface area contributed by atoms with Crippen molar-refractivity contribution in [2.75, 3.05) is 0 Å². The second-order valence-corrected chi connectivity index (χ2v) is 8.12. The summed E-state index contributed by atoms with van der Waals surface area (Å²) in [5.41, 5.74) is 0. The standard InChI is InChI=1S/C11H23NSi/c1-10(2)12(13-8-5-9-13)11-6-3-4-7-11/h10-11,13H,3-9H2,1-2H3. The van der Waals surface area contributed by atoms with Crippen LogP contribution >= 0.6 is 0 Å². The molecule has 0 spiro atoms. The van der Waals surface area contributed by atoms with Gasteiger partial charge in [-0.3, -0.25) is 0 Å². The Morgan fingerprint density at radius 1 is 1.08 bits per heavy atom. The second-order valence-electron chi connectivity index (χ2n) is 5.06. The summed E-state index contributed by atoms with van der Waals surface area (Å²) in [6.45, 7) is 4.81. The highest BCUT2D eigenvalue weighted by Crippen LogP contribution is 2.32. The first-order chi connectivity index (χ1) is 6.29. The summed E-state index contributed by atoms with van der Waals surface area (Å²) in [4.78, 5) is 0. The largest absolute Gasteiger partial charge is 0.321 e. The van der Waals surface area contributed by atoms with Gasteiger partial charge in [0.05, 0.1) is 0 Å². The first-order valence-corrected chi connectivity index (χ1v) is 8.21. The van der Waals surface area contributed by atoms with Gasteiger partial charge in [-0.15, -0.1) is 0 Å². The Hall–Kier alpha value is 0.177. The van der Waals surface area contributed by atoms with Gasteiger partial charge >= 0.3 is 0 Å². The lowest BCUT2D eigenvalue weighted by molar-refractivity contribution is 0.266. The van der Waals surface area contributed by atoms with Gasteiger partial charge in [-0.1, -0.05) is 33.1 Å². The Morgan fingerprint density at radius 2 is 1.69 bits per heavy atom. The highest BCUT2D eigenvalue weighted by molar-refractivity contribution is 6.58. The van der Waals surface area contributed by atoms with Gasteiger partial charge in [-0.25, -0.2) is 0 Å². The molecule has 13 heavy (non-hydrogen) atoms. The zero-order chi connectivity index (χ0) is 9.26. The molecule has 2 aliphatic rings. The summed E-state index contributed by atoms with van der Waals surface area (Å²) in [6, 6.07) is 5.04. The van der Waals surface area contributed by atoms with Gasteiger partial charge < -0.3 is 4.57 Å². The van der Waals surface area contributed by atoms with Crippen LogP contribution in [0.4, 0.5) is 0 Å². The zero-order valence-corrected chi connectivity index (χ0v) is 10.3. The van der Waals surface area contributed by atoms with Gasteiger partial charge in [0, 0.05) is 6.04 Å². The number of nitrogens with zero attached hydrogens (tertiary/aromatic N) is 1. The maximum Gasteiger partial charge on any atom is 0.112 e. The van der Waals surface area contributed by atoms with E-state index in [0.717, 1.165) is 12.1 Å². The molecular weight excluding hydrogens is 174 g/mol. The fourth-order valence-electron chi connectivity index (χ4n) is 3.03. The third-order valence-corrected chi connectivity index (χ3v) is 7.85. The van der Waals surface area contributed by atoms with E-state index < -0.39 is 8.96 Å². The van der Waals surface area contributed by atoms with Gasteiger partial charge in [-0.05, 0) is 31.0 Å². The van der Waals surface area contributed by atoms with Crippen molar-refractivity contribution in [3.05, 3.63) is 0 Å². The topological polar surface area (TPSA) is 3.24 Å². The predicted molar refractivity (Wildman–Crippen MR) is 60.6 cm³/mol. The molecule has 2 rings (SSSR count). The van der Waals surface area contributed by atoms with Crippen LogP contribution in [-0.2, 0) is 0 Å². The summed E-state index contributed by atoms with van der Waals surface area (Å²) in [5.74, 6) is 0. The van der Waals surface area contributed by atoms with E-state index in [4.69, 9.17) is 0 Å². The smallest absolute Gasteiger partial charge is 0.112 e. The van der Waals surface area contributed by atoms with Crippen molar-refractivity contribution in [2.45, 2.75) is 70.1 Å². The van der Waals surface area contributed by atoms with Crippen molar-refractivity contribution in [2.24, 2.45) is 0 Å². The van der Waals surface area contributed by atoms with Gasteiger partial charge in [0.25, 0.3) is 0 Å². The summed E-state index contributed by atoms with van der Waals surface area (Å²) in [6.07, 6.45) is 7.53. The van der Waals surface area contributed by atoms with Crippen LogP contribution in [0.2, 0.25) is 12.1 Å². The monoisotopic (exact) mass is 197 g/mol. The van der Waals surface area contributed by atoms with Crippen molar-refractivity contribution in [3.63, 3.8) is 0 Å². The third-order valence-electron chi connectivity index (χ3n) is 3.84. The molecule has 0 radical (unpaired) electrons. The van der Waals surface area contributed by atoms with Gasteiger partial charge in [0.2, 0.25) is 0 Å². The van der Waals surface area contributed by atoms with Crippen LogP contribution in [0, 0.1) is 0 Å². The average molecular weight is 197 g/mol. The van der Waals surface area contributed by atoms with Crippen LogP contribution in [0.25, 0.3) is 0 Å². The summed E-state index contributed by atoms with van der Waals surface area (Å²) in [5, 5.41) is 0. The van der Waals surface area contributed by atoms with Crippen LogP contribution in [0.5, 0.6) is 0 Å². The molecule has 0 unspecified atom stereocenters. The molecule has 0 aromatic heterocycles. The van der Waals surface area contributed by atoms with E-state index >= 15 is 0 Å². The first kappa shape index (κ1) is 9.72. The normalized spacial score (nSPS) is 25.8. The van der Waals surface area contributed by atoms with E-state index in [1.165, 1.54) is 32.1 Å². The highest BCUT2D eigenvalue weighted by atomic mass is 28.3. The van der Waals surface area contributed by atoms with Crippen molar-refractivity contribution >= 4 is 8.96 Å². The summed E-state index contributed by atoms with van der Waals surface area (Å²) >= 11 is 0. The lowest BCUT2D eigenvalue weighted by Crippen LogP contribution is -2.52. The van der Waals surface area contributed by atoms with Gasteiger partial charge in [0.15, 0.2) is 0 Å².